The molecule has 1 aliphatic rings. The lowest BCUT2D eigenvalue weighted by Gasteiger charge is -2.13. The highest BCUT2D eigenvalue weighted by molar-refractivity contribution is 5.83. The molecule has 116 valence electrons. The fraction of sp³-hybridized carbons (Fsp3) is 0.882. The van der Waals surface area contributed by atoms with E-state index >= 15 is 0 Å². The molecule has 0 amide bonds. The summed E-state index contributed by atoms with van der Waals surface area (Å²) in [6.45, 7) is 4.54. The zero-order valence-corrected chi connectivity index (χ0v) is 13.2. The Morgan fingerprint density at radius 1 is 1.15 bits per heavy atom. The molecule has 3 nitrogen and oxygen atoms in total. The van der Waals surface area contributed by atoms with E-state index in [0.29, 0.717) is 30.6 Å². The molecule has 0 aromatic rings. The Bertz CT molecular complexity index is 299. The smallest absolute Gasteiger partial charge is 0.305 e. The predicted molar refractivity (Wildman–Crippen MR) is 80.5 cm³/mol. The minimum atomic E-state index is -0.0683. The largest absolute Gasteiger partial charge is 0.466 e. The van der Waals surface area contributed by atoms with E-state index < -0.39 is 0 Å². The van der Waals surface area contributed by atoms with Crippen molar-refractivity contribution in [2.45, 2.75) is 78.1 Å². The maximum absolute atomic E-state index is 11.7. The second-order valence-electron chi connectivity index (χ2n) is 6.05. The van der Waals surface area contributed by atoms with E-state index in [1.807, 2.05) is 6.92 Å². The molecule has 1 rings (SSSR count). The van der Waals surface area contributed by atoms with Crippen LogP contribution in [0.4, 0.5) is 0 Å². The van der Waals surface area contributed by atoms with Crippen molar-refractivity contribution in [3.63, 3.8) is 0 Å². The Morgan fingerprint density at radius 2 is 1.80 bits per heavy atom. The first-order valence-corrected chi connectivity index (χ1v) is 8.33. The number of hydrogen-bond acceptors (Lipinski definition) is 3. The quantitative estimate of drug-likeness (QED) is 0.443. The molecule has 0 saturated heterocycles. The van der Waals surface area contributed by atoms with Crippen LogP contribution in [0, 0.1) is 11.8 Å². The lowest BCUT2D eigenvalue weighted by Crippen LogP contribution is -2.12. The maximum Gasteiger partial charge on any atom is 0.305 e. The number of hydrogen-bond donors (Lipinski definition) is 0. The normalized spacial score (nSPS) is 22.2. The van der Waals surface area contributed by atoms with Crippen LogP contribution >= 0.6 is 0 Å². The summed E-state index contributed by atoms with van der Waals surface area (Å²) in [7, 11) is 0. The molecule has 1 saturated carbocycles. The first-order valence-electron chi connectivity index (χ1n) is 8.33. The Morgan fingerprint density at radius 3 is 2.40 bits per heavy atom. The van der Waals surface area contributed by atoms with Gasteiger partial charge in [-0.1, -0.05) is 39.0 Å². The van der Waals surface area contributed by atoms with Gasteiger partial charge in [-0.15, -0.1) is 0 Å². The van der Waals surface area contributed by atoms with Gasteiger partial charge in [-0.2, -0.15) is 0 Å². The van der Waals surface area contributed by atoms with E-state index in [9.17, 15) is 9.59 Å². The highest BCUT2D eigenvalue weighted by atomic mass is 16.5. The van der Waals surface area contributed by atoms with E-state index in [0.717, 1.165) is 32.1 Å². The van der Waals surface area contributed by atoms with Crippen LogP contribution in [0.15, 0.2) is 0 Å². The fourth-order valence-electron chi connectivity index (χ4n) is 3.09. The van der Waals surface area contributed by atoms with Gasteiger partial charge in [0.05, 0.1) is 6.61 Å². The average Bonchev–Trinajstić information content (AvgIpc) is 2.73. The van der Waals surface area contributed by atoms with E-state index in [1.165, 1.54) is 25.7 Å². The van der Waals surface area contributed by atoms with Crippen LogP contribution in [-0.2, 0) is 14.3 Å². The SMILES string of the molecule is CCOC(=O)CCCCCCCC[C@@H]1C(=O)CC[C@H]1C. The summed E-state index contributed by atoms with van der Waals surface area (Å²) in [5.74, 6) is 1.37. The summed E-state index contributed by atoms with van der Waals surface area (Å²) in [5, 5.41) is 0. The molecule has 0 aromatic heterocycles. The van der Waals surface area contributed by atoms with Crippen molar-refractivity contribution in [2.24, 2.45) is 11.8 Å². The van der Waals surface area contributed by atoms with E-state index in [-0.39, 0.29) is 5.97 Å². The highest BCUT2D eigenvalue weighted by Gasteiger charge is 2.30. The number of Topliss-reactive ketones (excluding diaryl/α,β-unsaturated/α-hetero) is 1. The standard InChI is InChI=1S/C17H30O3/c1-3-20-17(19)11-9-7-5-4-6-8-10-15-14(2)12-13-16(15)18/h14-15H,3-13H2,1-2H3/t14-,15+/m1/s1. The van der Waals surface area contributed by atoms with Crippen LogP contribution in [0.25, 0.3) is 0 Å². The molecular formula is C17H30O3. The number of rotatable bonds is 10. The van der Waals surface area contributed by atoms with Crippen LogP contribution in [-0.4, -0.2) is 18.4 Å². The number of unbranched alkanes of at least 4 members (excludes halogenated alkanes) is 5. The van der Waals surface area contributed by atoms with Crippen molar-refractivity contribution >= 4 is 11.8 Å². The van der Waals surface area contributed by atoms with Gasteiger partial charge in [-0.05, 0) is 32.1 Å². The summed E-state index contributed by atoms with van der Waals surface area (Å²) >= 11 is 0. The van der Waals surface area contributed by atoms with E-state index in [2.05, 4.69) is 6.92 Å². The molecule has 0 bridgehead atoms. The van der Waals surface area contributed by atoms with Crippen LogP contribution in [0.2, 0.25) is 0 Å². The van der Waals surface area contributed by atoms with Gasteiger partial charge in [0.15, 0.2) is 0 Å². The Hall–Kier alpha value is -0.860. The third-order valence-electron chi connectivity index (χ3n) is 4.40. The number of carbonyl (C=O) groups is 2. The van der Waals surface area contributed by atoms with Crippen LogP contribution in [0.5, 0.6) is 0 Å². The van der Waals surface area contributed by atoms with Crippen LogP contribution in [0.3, 0.4) is 0 Å². The van der Waals surface area contributed by atoms with Gasteiger partial charge in [-0.25, -0.2) is 0 Å². The molecule has 0 heterocycles. The Balaban J connectivity index is 1.90. The molecule has 3 heteroatoms. The van der Waals surface area contributed by atoms with Crippen molar-refractivity contribution in [1.82, 2.24) is 0 Å². The van der Waals surface area contributed by atoms with Crippen molar-refractivity contribution in [2.75, 3.05) is 6.61 Å². The lowest BCUT2D eigenvalue weighted by molar-refractivity contribution is -0.143. The second-order valence-corrected chi connectivity index (χ2v) is 6.05. The maximum atomic E-state index is 11.7. The van der Waals surface area contributed by atoms with E-state index in [4.69, 9.17) is 4.74 Å². The van der Waals surface area contributed by atoms with Crippen molar-refractivity contribution < 1.29 is 14.3 Å². The number of ether oxygens (including phenoxy) is 1. The Kier molecular flexibility index (Phi) is 8.56. The third kappa shape index (κ3) is 6.53. The molecule has 0 aromatic carbocycles. The monoisotopic (exact) mass is 282 g/mol. The number of ketones is 1. The minimum absolute atomic E-state index is 0.0683. The van der Waals surface area contributed by atoms with Gasteiger partial charge >= 0.3 is 5.97 Å². The van der Waals surface area contributed by atoms with Crippen molar-refractivity contribution in [3.05, 3.63) is 0 Å². The molecule has 0 aliphatic heterocycles. The summed E-state index contributed by atoms with van der Waals surface area (Å²) < 4.78 is 4.89. The van der Waals surface area contributed by atoms with Gasteiger partial charge in [0, 0.05) is 18.8 Å². The molecule has 0 spiro atoms. The van der Waals surface area contributed by atoms with E-state index in [1.54, 1.807) is 0 Å². The third-order valence-corrected chi connectivity index (χ3v) is 4.40. The molecular weight excluding hydrogens is 252 g/mol. The Labute approximate surface area is 123 Å². The molecule has 1 aliphatic carbocycles. The van der Waals surface area contributed by atoms with Gasteiger partial charge < -0.3 is 4.74 Å². The van der Waals surface area contributed by atoms with Crippen molar-refractivity contribution in [1.29, 1.82) is 0 Å². The predicted octanol–water partition coefficient (Wildman–Crippen LogP) is 4.29. The fourth-order valence-corrected chi connectivity index (χ4v) is 3.09. The van der Waals surface area contributed by atoms with Gasteiger partial charge in [0.1, 0.15) is 5.78 Å². The average molecular weight is 282 g/mol. The molecule has 2 atom stereocenters. The van der Waals surface area contributed by atoms with Crippen molar-refractivity contribution in [3.8, 4) is 0 Å². The number of esters is 1. The summed E-state index contributed by atoms with van der Waals surface area (Å²) in [6, 6.07) is 0. The minimum Gasteiger partial charge on any atom is -0.466 e. The second kappa shape index (κ2) is 9.95. The first-order chi connectivity index (χ1) is 9.65. The van der Waals surface area contributed by atoms with Gasteiger partial charge in [0.2, 0.25) is 0 Å². The zero-order valence-electron chi connectivity index (χ0n) is 13.2. The molecule has 0 unspecified atom stereocenters. The molecule has 0 N–H and O–H groups in total. The van der Waals surface area contributed by atoms with Crippen LogP contribution < -0.4 is 0 Å². The first kappa shape index (κ1) is 17.2. The molecule has 20 heavy (non-hydrogen) atoms. The summed E-state index contributed by atoms with van der Waals surface area (Å²) in [6.07, 6.45) is 10.4. The highest BCUT2D eigenvalue weighted by Crippen LogP contribution is 2.32. The molecule has 1 fully saturated rings. The zero-order chi connectivity index (χ0) is 14.8. The summed E-state index contributed by atoms with van der Waals surface area (Å²) in [5.41, 5.74) is 0. The van der Waals surface area contributed by atoms with Gasteiger partial charge in [-0.3, -0.25) is 9.59 Å². The summed E-state index contributed by atoms with van der Waals surface area (Å²) in [4.78, 5) is 22.8. The lowest BCUT2D eigenvalue weighted by atomic mass is 9.91. The van der Waals surface area contributed by atoms with Gasteiger partial charge in [0.25, 0.3) is 0 Å². The molecule has 0 radical (unpaired) electrons. The van der Waals surface area contributed by atoms with Crippen LogP contribution in [0.1, 0.15) is 78.1 Å². The number of carbonyl (C=O) groups excluding carboxylic acids is 2. The topological polar surface area (TPSA) is 43.4 Å².